The van der Waals surface area contributed by atoms with Gasteiger partial charge < -0.3 is 9.88 Å². The summed E-state index contributed by atoms with van der Waals surface area (Å²) in [7, 11) is 1.96. The number of rotatable bonds is 7. The third-order valence-corrected chi connectivity index (χ3v) is 5.42. The number of nitrogens with zero attached hydrogens (tertiary/aromatic N) is 3. The van der Waals surface area contributed by atoms with E-state index >= 15 is 0 Å². The molecule has 1 atom stereocenters. The Morgan fingerprint density at radius 3 is 2.68 bits per heavy atom. The van der Waals surface area contributed by atoms with Crippen molar-refractivity contribution in [3.8, 4) is 0 Å². The van der Waals surface area contributed by atoms with E-state index in [1.807, 2.05) is 60.3 Å². The molecule has 0 fully saturated rings. The van der Waals surface area contributed by atoms with Crippen LogP contribution < -0.4 is 5.32 Å². The normalized spacial score (nSPS) is 11.9. The number of hydrogen-bond donors (Lipinski definition) is 1. The molecule has 0 aliphatic rings. The van der Waals surface area contributed by atoms with Gasteiger partial charge in [-0.3, -0.25) is 19.9 Å². The van der Waals surface area contributed by atoms with Crippen LogP contribution in [0.25, 0.3) is 10.9 Å². The summed E-state index contributed by atoms with van der Waals surface area (Å²) in [5.41, 5.74) is 3.73. The van der Waals surface area contributed by atoms with Crippen LogP contribution in [0.15, 0.2) is 79.3 Å². The molecule has 4 aromatic rings. The van der Waals surface area contributed by atoms with Crippen molar-refractivity contribution in [1.29, 1.82) is 0 Å². The van der Waals surface area contributed by atoms with Gasteiger partial charge in [0.05, 0.1) is 4.92 Å². The number of non-ortho nitro benzene ring substituents is 1. The SMILES string of the molecule is Cn1cc([C@H](CC(=O)NCc2ccncc2)c2cccc([N+](=O)[O-])c2)c2ccccc21. The number of nitro groups is 1. The van der Waals surface area contributed by atoms with E-state index in [2.05, 4.69) is 10.3 Å². The number of aromatic nitrogens is 2. The second kappa shape index (κ2) is 8.79. The molecule has 7 nitrogen and oxygen atoms in total. The van der Waals surface area contributed by atoms with E-state index < -0.39 is 4.92 Å². The first-order valence-electron chi connectivity index (χ1n) is 9.97. The zero-order valence-electron chi connectivity index (χ0n) is 17.1. The fourth-order valence-electron chi connectivity index (χ4n) is 3.87. The molecule has 0 radical (unpaired) electrons. The van der Waals surface area contributed by atoms with Crippen LogP contribution in [-0.2, 0) is 18.4 Å². The molecule has 0 saturated carbocycles. The Balaban J connectivity index is 1.68. The van der Waals surface area contributed by atoms with Crippen molar-refractivity contribution < 1.29 is 9.72 Å². The summed E-state index contributed by atoms with van der Waals surface area (Å²) in [4.78, 5) is 27.8. The average Bonchev–Trinajstić information content (AvgIpc) is 3.13. The molecule has 1 N–H and O–H groups in total. The number of amides is 1. The maximum atomic E-state index is 12.9. The van der Waals surface area contributed by atoms with Gasteiger partial charge in [-0.25, -0.2) is 0 Å². The summed E-state index contributed by atoms with van der Waals surface area (Å²) in [6, 6.07) is 18.2. The zero-order chi connectivity index (χ0) is 21.8. The highest BCUT2D eigenvalue weighted by atomic mass is 16.6. The Morgan fingerprint density at radius 1 is 1.13 bits per heavy atom. The molecular weight excluding hydrogens is 392 g/mol. The number of fused-ring (bicyclic) bond motifs is 1. The van der Waals surface area contributed by atoms with Gasteiger partial charge in [0.15, 0.2) is 0 Å². The Bertz CT molecular complexity index is 1230. The van der Waals surface area contributed by atoms with Crippen LogP contribution in [0.3, 0.4) is 0 Å². The molecule has 2 heterocycles. The van der Waals surface area contributed by atoms with E-state index in [-0.39, 0.29) is 23.9 Å². The highest BCUT2D eigenvalue weighted by molar-refractivity contribution is 5.86. The Hall–Kier alpha value is -4.00. The summed E-state index contributed by atoms with van der Waals surface area (Å²) in [6.45, 7) is 0.401. The van der Waals surface area contributed by atoms with Crippen LogP contribution >= 0.6 is 0 Å². The van der Waals surface area contributed by atoms with Gasteiger partial charge in [0.1, 0.15) is 0 Å². The second-order valence-electron chi connectivity index (χ2n) is 7.45. The van der Waals surface area contributed by atoms with Crippen LogP contribution in [0.4, 0.5) is 5.69 Å². The molecule has 1 amide bonds. The number of benzene rings is 2. The molecule has 4 rings (SSSR count). The lowest BCUT2D eigenvalue weighted by atomic mass is 9.87. The third kappa shape index (κ3) is 4.45. The van der Waals surface area contributed by atoms with Crippen molar-refractivity contribution in [2.45, 2.75) is 18.9 Å². The quantitative estimate of drug-likeness (QED) is 0.360. The molecule has 2 aromatic carbocycles. The first-order valence-corrected chi connectivity index (χ1v) is 9.97. The van der Waals surface area contributed by atoms with Gasteiger partial charge in [-0.2, -0.15) is 0 Å². The Labute approximate surface area is 179 Å². The van der Waals surface area contributed by atoms with Crippen molar-refractivity contribution in [2.75, 3.05) is 0 Å². The molecular formula is C24H22N4O3. The summed E-state index contributed by atoms with van der Waals surface area (Å²) < 4.78 is 2.02. The number of nitrogens with one attached hydrogen (secondary N) is 1. The van der Waals surface area contributed by atoms with Gasteiger partial charge in [0.2, 0.25) is 5.91 Å². The number of carbonyl (C=O) groups is 1. The Morgan fingerprint density at radius 2 is 1.90 bits per heavy atom. The fourth-order valence-corrected chi connectivity index (χ4v) is 3.87. The summed E-state index contributed by atoms with van der Waals surface area (Å²) in [5.74, 6) is -0.440. The van der Waals surface area contributed by atoms with Gasteiger partial charge in [-0.15, -0.1) is 0 Å². The second-order valence-corrected chi connectivity index (χ2v) is 7.45. The number of pyridine rings is 1. The minimum absolute atomic E-state index is 0.0138. The fraction of sp³-hybridized carbons (Fsp3) is 0.167. The van der Waals surface area contributed by atoms with E-state index in [1.165, 1.54) is 6.07 Å². The maximum Gasteiger partial charge on any atom is 0.269 e. The average molecular weight is 414 g/mol. The Kier molecular flexibility index (Phi) is 5.75. The largest absolute Gasteiger partial charge is 0.352 e. The number of carbonyl (C=O) groups excluding carboxylic acids is 1. The van der Waals surface area contributed by atoms with Crippen molar-refractivity contribution in [2.24, 2.45) is 7.05 Å². The van der Waals surface area contributed by atoms with Gasteiger partial charge in [-0.05, 0) is 34.9 Å². The predicted octanol–water partition coefficient (Wildman–Crippen LogP) is 4.32. The number of hydrogen-bond acceptors (Lipinski definition) is 4. The minimum atomic E-state index is -0.410. The van der Waals surface area contributed by atoms with E-state index in [9.17, 15) is 14.9 Å². The zero-order valence-corrected chi connectivity index (χ0v) is 17.1. The van der Waals surface area contributed by atoms with Crippen molar-refractivity contribution in [1.82, 2.24) is 14.9 Å². The molecule has 7 heteroatoms. The van der Waals surface area contributed by atoms with Crippen LogP contribution in [-0.4, -0.2) is 20.4 Å². The molecule has 156 valence electrons. The number of aryl methyl sites for hydroxylation is 1. The van der Waals surface area contributed by atoms with Gasteiger partial charge in [0.25, 0.3) is 5.69 Å². The molecule has 31 heavy (non-hydrogen) atoms. The number of para-hydroxylation sites is 1. The molecule has 2 aromatic heterocycles. The standard InChI is InChI=1S/C24H22N4O3/c1-27-16-22(20-7-2-3-8-23(20)27)21(18-5-4-6-19(13-18)28(30)31)14-24(29)26-15-17-9-11-25-12-10-17/h2-13,16,21H,14-15H2,1H3,(H,26,29)/t21-/m1/s1. The van der Waals surface area contributed by atoms with Crippen LogP contribution in [0.1, 0.15) is 29.0 Å². The molecule has 0 aliphatic carbocycles. The van der Waals surface area contributed by atoms with Crippen LogP contribution in [0.5, 0.6) is 0 Å². The summed E-state index contributed by atoms with van der Waals surface area (Å²) in [5, 5.41) is 15.3. The van der Waals surface area contributed by atoms with Crippen LogP contribution in [0, 0.1) is 10.1 Å². The highest BCUT2D eigenvalue weighted by Gasteiger charge is 2.23. The highest BCUT2D eigenvalue weighted by Crippen LogP contribution is 2.35. The first-order chi connectivity index (χ1) is 15.0. The van der Waals surface area contributed by atoms with E-state index in [0.29, 0.717) is 6.54 Å². The van der Waals surface area contributed by atoms with Gasteiger partial charge >= 0.3 is 0 Å². The maximum absolute atomic E-state index is 12.9. The molecule has 0 unspecified atom stereocenters. The minimum Gasteiger partial charge on any atom is -0.352 e. The van der Waals surface area contributed by atoms with Gasteiger partial charge in [0, 0.05) is 67.6 Å². The first kappa shape index (κ1) is 20.3. The third-order valence-electron chi connectivity index (χ3n) is 5.42. The smallest absolute Gasteiger partial charge is 0.269 e. The monoisotopic (exact) mass is 414 g/mol. The summed E-state index contributed by atoms with van der Waals surface area (Å²) >= 11 is 0. The van der Waals surface area contributed by atoms with E-state index in [1.54, 1.807) is 24.5 Å². The van der Waals surface area contributed by atoms with E-state index in [0.717, 1.165) is 27.6 Å². The lowest BCUT2D eigenvalue weighted by Gasteiger charge is -2.17. The molecule has 0 spiro atoms. The van der Waals surface area contributed by atoms with E-state index in [4.69, 9.17) is 0 Å². The summed E-state index contributed by atoms with van der Waals surface area (Å²) in [6.07, 6.45) is 5.55. The topological polar surface area (TPSA) is 90.1 Å². The number of nitro benzene ring substituents is 1. The molecule has 0 aliphatic heterocycles. The predicted molar refractivity (Wildman–Crippen MR) is 119 cm³/mol. The lowest BCUT2D eigenvalue weighted by molar-refractivity contribution is -0.384. The van der Waals surface area contributed by atoms with Crippen LogP contribution in [0.2, 0.25) is 0 Å². The van der Waals surface area contributed by atoms with Gasteiger partial charge in [-0.1, -0.05) is 30.3 Å². The molecule has 0 saturated heterocycles. The van der Waals surface area contributed by atoms with Crippen molar-refractivity contribution in [3.63, 3.8) is 0 Å². The molecule has 0 bridgehead atoms. The van der Waals surface area contributed by atoms with Crippen molar-refractivity contribution in [3.05, 3.63) is 106 Å². The lowest BCUT2D eigenvalue weighted by Crippen LogP contribution is -2.25. The van der Waals surface area contributed by atoms with Crippen molar-refractivity contribution >= 4 is 22.5 Å².